The van der Waals surface area contributed by atoms with Crippen molar-refractivity contribution in [2.45, 2.75) is 63.1 Å². The minimum atomic E-state index is 0.195. The molecule has 4 aliphatic rings. The Morgan fingerprint density at radius 1 is 1.12 bits per heavy atom. The number of piperidine rings is 1. The summed E-state index contributed by atoms with van der Waals surface area (Å²) in [6.07, 6.45) is 7.77. The zero-order valence-electron chi connectivity index (χ0n) is 14.6. The van der Waals surface area contributed by atoms with Crippen molar-refractivity contribution in [3.8, 4) is 11.5 Å². The molecule has 5 heteroatoms. The first-order valence-corrected chi connectivity index (χ1v) is 9.71. The molecule has 25 heavy (non-hydrogen) atoms. The minimum absolute atomic E-state index is 0.195. The van der Waals surface area contributed by atoms with Gasteiger partial charge in [-0.3, -0.25) is 4.79 Å². The number of amides is 1. The van der Waals surface area contributed by atoms with E-state index in [2.05, 4.69) is 22.3 Å². The molecule has 5 rings (SSSR count). The summed E-state index contributed by atoms with van der Waals surface area (Å²) in [5, 5.41) is 3.67. The van der Waals surface area contributed by atoms with Crippen LogP contribution in [0.3, 0.4) is 0 Å². The lowest BCUT2D eigenvalue weighted by Gasteiger charge is -2.31. The summed E-state index contributed by atoms with van der Waals surface area (Å²) in [5.74, 6) is 2.52. The zero-order chi connectivity index (χ0) is 16.8. The summed E-state index contributed by atoms with van der Waals surface area (Å²) in [5.41, 5.74) is 1.18. The third-order valence-electron chi connectivity index (χ3n) is 6.39. The van der Waals surface area contributed by atoms with Crippen LogP contribution < -0.4 is 14.8 Å². The lowest BCUT2D eigenvalue weighted by molar-refractivity contribution is -0.133. The van der Waals surface area contributed by atoms with Crippen LogP contribution in [0.1, 0.15) is 56.6 Å². The first-order chi connectivity index (χ1) is 12.3. The van der Waals surface area contributed by atoms with E-state index in [-0.39, 0.29) is 6.04 Å². The Morgan fingerprint density at radius 3 is 2.76 bits per heavy atom. The molecule has 0 aromatic heterocycles. The quantitative estimate of drug-likeness (QED) is 0.917. The molecule has 0 aliphatic carbocycles. The van der Waals surface area contributed by atoms with Gasteiger partial charge in [-0.25, -0.2) is 0 Å². The maximum Gasteiger partial charge on any atom is 0.231 e. The van der Waals surface area contributed by atoms with Gasteiger partial charge in [0, 0.05) is 25.0 Å². The summed E-state index contributed by atoms with van der Waals surface area (Å²) < 4.78 is 10.9. The Morgan fingerprint density at radius 2 is 1.92 bits per heavy atom. The number of nitrogens with one attached hydrogen (secondary N) is 1. The van der Waals surface area contributed by atoms with Crippen LogP contribution in [0.5, 0.6) is 11.5 Å². The van der Waals surface area contributed by atoms with Crippen molar-refractivity contribution >= 4 is 5.91 Å². The lowest BCUT2D eigenvalue weighted by Crippen LogP contribution is -2.40. The number of nitrogens with zero attached hydrogens (tertiary/aromatic N) is 1. The van der Waals surface area contributed by atoms with Crippen molar-refractivity contribution < 1.29 is 14.3 Å². The highest BCUT2D eigenvalue weighted by atomic mass is 16.7. The molecule has 3 unspecified atom stereocenters. The van der Waals surface area contributed by atoms with Gasteiger partial charge in [0.15, 0.2) is 11.5 Å². The van der Waals surface area contributed by atoms with Crippen LogP contribution in [0.2, 0.25) is 0 Å². The summed E-state index contributed by atoms with van der Waals surface area (Å²) in [6.45, 7) is 1.18. The molecule has 1 N–H and O–H groups in total. The molecule has 0 radical (unpaired) electrons. The lowest BCUT2D eigenvalue weighted by atomic mass is 9.89. The van der Waals surface area contributed by atoms with Crippen LogP contribution in [0.4, 0.5) is 0 Å². The topological polar surface area (TPSA) is 50.8 Å². The number of benzene rings is 1. The number of carbonyl (C=O) groups excluding carboxylic acids is 1. The monoisotopic (exact) mass is 342 g/mol. The summed E-state index contributed by atoms with van der Waals surface area (Å²) in [6, 6.07) is 7.63. The normalized spacial score (nSPS) is 33.0. The van der Waals surface area contributed by atoms with Gasteiger partial charge in [0.2, 0.25) is 12.7 Å². The Hall–Kier alpha value is -1.75. The number of hydrogen-bond donors (Lipinski definition) is 1. The minimum Gasteiger partial charge on any atom is -0.454 e. The Kier molecular flexibility index (Phi) is 3.85. The molecule has 134 valence electrons. The van der Waals surface area contributed by atoms with E-state index < -0.39 is 0 Å². The molecule has 4 heterocycles. The predicted octanol–water partition coefficient (Wildman–Crippen LogP) is 3.00. The standard InChI is InChI=1S/C20H26N2O3/c23-20(10-13-8-15-4-5-16(9-13)21-15)22-7-1-2-17(22)14-3-6-18-19(11-14)25-12-24-18/h3,6,11,13,15-17,21H,1-2,4-5,7-10,12H2. The first-order valence-electron chi connectivity index (χ1n) is 9.71. The van der Waals surface area contributed by atoms with E-state index in [1.165, 1.54) is 31.2 Å². The van der Waals surface area contributed by atoms with Crippen molar-refractivity contribution in [2.24, 2.45) is 5.92 Å². The summed E-state index contributed by atoms with van der Waals surface area (Å²) in [4.78, 5) is 15.1. The Balaban J connectivity index is 1.28. The fourth-order valence-corrected chi connectivity index (χ4v) is 5.24. The molecule has 3 saturated heterocycles. The van der Waals surface area contributed by atoms with Gasteiger partial charge in [-0.2, -0.15) is 0 Å². The van der Waals surface area contributed by atoms with Gasteiger partial charge in [0.25, 0.3) is 0 Å². The smallest absolute Gasteiger partial charge is 0.231 e. The van der Waals surface area contributed by atoms with Crippen LogP contribution >= 0.6 is 0 Å². The van der Waals surface area contributed by atoms with Crippen molar-refractivity contribution in [1.29, 1.82) is 0 Å². The van der Waals surface area contributed by atoms with E-state index >= 15 is 0 Å². The molecule has 0 saturated carbocycles. The van der Waals surface area contributed by atoms with Gasteiger partial charge < -0.3 is 19.7 Å². The van der Waals surface area contributed by atoms with E-state index in [0.29, 0.717) is 30.7 Å². The molecule has 2 bridgehead atoms. The SMILES string of the molecule is O=C(CC1CC2CCC(C1)N2)N1CCCC1c1ccc2c(c1)OCO2. The first kappa shape index (κ1) is 15.5. The third-order valence-corrected chi connectivity index (χ3v) is 6.39. The second-order valence-corrected chi connectivity index (χ2v) is 8.04. The number of rotatable bonds is 3. The van der Waals surface area contributed by atoms with E-state index in [4.69, 9.17) is 9.47 Å². The highest BCUT2D eigenvalue weighted by Gasteiger charge is 2.37. The van der Waals surface area contributed by atoms with Gasteiger partial charge in [-0.15, -0.1) is 0 Å². The van der Waals surface area contributed by atoms with Gasteiger partial charge in [0.1, 0.15) is 0 Å². The number of fused-ring (bicyclic) bond motifs is 3. The molecule has 1 aromatic rings. The number of likely N-dealkylation sites (tertiary alicyclic amines) is 1. The second kappa shape index (κ2) is 6.20. The molecule has 1 aromatic carbocycles. The molecular formula is C20H26N2O3. The molecule has 1 amide bonds. The van der Waals surface area contributed by atoms with E-state index in [1.54, 1.807) is 0 Å². The van der Waals surface area contributed by atoms with Crippen LogP contribution in [0.15, 0.2) is 18.2 Å². The highest BCUT2D eigenvalue weighted by molar-refractivity contribution is 5.77. The van der Waals surface area contributed by atoms with Crippen LogP contribution in [0, 0.1) is 5.92 Å². The fourth-order valence-electron chi connectivity index (χ4n) is 5.24. The van der Waals surface area contributed by atoms with Gasteiger partial charge in [0.05, 0.1) is 6.04 Å². The average Bonchev–Trinajstić information content (AvgIpc) is 3.33. The van der Waals surface area contributed by atoms with E-state index in [0.717, 1.165) is 37.3 Å². The predicted molar refractivity (Wildman–Crippen MR) is 93.5 cm³/mol. The van der Waals surface area contributed by atoms with Gasteiger partial charge >= 0.3 is 0 Å². The summed E-state index contributed by atoms with van der Waals surface area (Å²) in [7, 11) is 0. The fraction of sp³-hybridized carbons (Fsp3) is 0.650. The summed E-state index contributed by atoms with van der Waals surface area (Å²) >= 11 is 0. The van der Waals surface area contributed by atoms with Gasteiger partial charge in [-0.05, 0) is 62.1 Å². The maximum absolute atomic E-state index is 13.0. The van der Waals surface area contributed by atoms with E-state index in [1.807, 2.05) is 6.07 Å². The highest BCUT2D eigenvalue weighted by Crippen LogP contribution is 2.40. The molecule has 0 spiro atoms. The molecule has 4 aliphatic heterocycles. The van der Waals surface area contributed by atoms with Crippen LogP contribution in [-0.2, 0) is 4.79 Å². The molecule has 3 fully saturated rings. The van der Waals surface area contributed by atoms with Crippen molar-refractivity contribution in [1.82, 2.24) is 10.2 Å². The van der Waals surface area contributed by atoms with Gasteiger partial charge in [-0.1, -0.05) is 6.07 Å². The Labute approximate surface area is 148 Å². The number of ether oxygens (including phenoxy) is 2. The van der Waals surface area contributed by atoms with Crippen LogP contribution in [0.25, 0.3) is 0 Å². The van der Waals surface area contributed by atoms with Crippen LogP contribution in [-0.4, -0.2) is 36.2 Å². The van der Waals surface area contributed by atoms with Crippen molar-refractivity contribution in [3.63, 3.8) is 0 Å². The molecular weight excluding hydrogens is 316 g/mol. The maximum atomic E-state index is 13.0. The zero-order valence-corrected chi connectivity index (χ0v) is 14.6. The number of hydrogen-bond acceptors (Lipinski definition) is 4. The molecule has 5 nitrogen and oxygen atoms in total. The average molecular weight is 342 g/mol. The van der Waals surface area contributed by atoms with E-state index in [9.17, 15) is 4.79 Å². The van der Waals surface area contributed by atoms with Crippen molar-refractivity contribution in [3.05, 3.63) is 23.8 Å². The third kappa shape index (κ3) is 2.88. The van der Waals surface area contributed by atoms with Crippen molar-refractivity contribution in [2.75, 3.05) is 13.3 Å². The second-order valence-electron chi connectivity index (χ2n) is 8.04. The largest absolute Gasteiger partial charge is 0.454 e. The molecule has 3 atom stereocenters. The number of carbonyl (C=O) groups is 1. The Bertz CT molecular complexity index is 665.